The van der Waals surface area contributed by atoms with Gasteiger partial charge in [0, 0.05) is 30.0 Å². The molecule has 0 aromatic heterocycles. The molecule has 188 valence electrons. The van der Waals surface area contributed by atoms with E-state index in [1.807, 2.05) is 6.07 Å². The second-order valence-corrected chi connectivity index (χ2v) is 10.4. The van der Waals surface area contributed by atoms with Crippen molar-refractivity contribution in [1.82, 2.24) is 5.32 Å². The molecule has 0 aliphatic rings. The van der Waals surface area contributed by atoms with Crippen LogP contribution in [0.25, 0.3) is 0 Å². The highest BCUT2D eigenvalue weighted by Crippen LogP contribution is 2.20. The number of anilines is 1. The maximum Gasteiger partial charge on any atom is 0.224 e. The van der Waals surface area contributed by atoms with E-state index in [0.29, 0.717) is 6.42 Å². The average molecular weight is 493 g/mol. The second-order valence-electron chi connectivity index (χ2n) is 9.01. The lowest BCUT2D eigenvalue weighted by Gasteiger charge is -2.14. The van der Waals surface area contributed by atoms with Gasteiger partial charge in [0.1, 0.15) is 4.99 Å². The summed E-state index contributed by atoms with van der Waals surface area (Å²) < 4.78 is 0. The number of benzene rings is 1. The molecular weight excluding hydrogens is 444 g/mol. The predicted octanol–water partition coefficient (Wildman–Crippen LogP) is 8.30. The van der Waals surface area contributed by atoms with Gasteiger partial charge in [0.05, 0.1) is 0 Å². The normalized spacial score (nSPS) is 10.9. The Bertz CT molecular complexity index is 663. The Hall–Kier alpha value is -1.07. The topological polar surface area (TPSA) is 41.1 Å². The lowest BCUT2D eigenvalue weighted by atomic mass is 10.0. The molecule has 0 saturated carbocycles. The Balaban J connectivity index is 2.21. The number of carbonyl (C=O) groups excluding carboxylic acids is 1. The number of nitrogens with one attached hydrogen (secondary N) is 2. The number of carbonyl (C=O) groups is 1. The summed E-state index contributed by atoms with van der Waals surface area (Å²) in [7, 11) is 0. The van der Waals surface area contributed by atoms with Crippen LogP contribution in [0.15, 0.2) is 18.2 Å². The van der Waals surface area contributed by atoms with E-state index >= 15 is 0 Å². The van der Waals surface area contributed by atoms with Gasteiger partial charge in [0.2, 0.25) is 5.91 Å². The number of hydrogen-bond donors (Lipinski definition) is 2. The van der Waals surface area contributed by atoms with Crippen molar-refractivity contribution in [2.75, 3.05) is 23.9 Å². The second kappa shape index (κ2) is 20.3. The molecule has 0 fully saturated rings. The summed E-state index contributed by atoms with van der Waals surface area (Å²) in [6.07, 6.45) is 20.7. The quantitative estimate of drug-likeness (QED) is 0.142. The lowest BCUT2D eigenvalue weighted by Crippen LogP contribution is -2.25. The molecular formula is C28H48N2OS2. The van der Waals surface area contributed by atoms with Crippen molar-refractivity contribution in [3.63, 3.8) is 0 Å². The summed E-state index contributed by atoms with van der Waals surface area (Å²) in [6, 6.07) is 6.16. The third-order valence-corrected chi connectivity index (χ3v) is 7.12. The zero-order chi connectivity index (χ0) is 24.2. The van der Waals surface area contributed by atoms with Crippen LogP contribution >= 0.6 is 24.0 Å². The van der Waals surface area contributed by atoms with Crippen molar-refractivity contribution in [3.8, 4) is 0 Å². The number of thiocarbonyl (C=S) groups is 1. The SMILES string of the molecule is CCCCCCCCCCCCCCCC(=O)Nc1cc(C(=S)NCCSC)ccc1CC. The van der Waals surface area contributed by atoms with Gasteiger partial charge in [0.25, 0.3) is 0 Å². The molecule has 3 nitrogen and oxygen atoms in total. The number of unbranched alkanes of at least 4 members (excludes halogenated alkanes) is 12. The van der Waals surface area contributed by atoms with Crippen LogP contribution in [0.3, 0.4) is 0 Å². The molecule has 0 bridgehead atoms. The fraction of sp³-hybridized carbons (Fsp3) is 0.714. The van der Waals surface area contributed by atoms with Gasteiger partial charge >= 0.3 is 0 Å². The minimum absolute atomic E-state index is 0.117. The largest absolute Gasteiger partial charge is 0.375 e. The van der Waals surface area contributed by atoms with Crippen LogP contribution in [0.4, 0.5) is 5.69 Å². The van der Waals surface area contributed by atoms with E-state index in [-0.39, 0.29) is 5.91 Å². The van der Waals surface area contributed by atoms with Gasteiger partial charge in [-0.25, -0.2) is 0 Å². The highest BCUT2D eigenvalue weighted by atomic mass is 32.2. The highest BCUT2D eigenvalue weighted by Gasteiger charge is 2.09. The highest BCUT2D eigenvalue weighted by molar-refractivity contribution is 7.98. The average Bonchev–Trinajstić information content (AvgIpc) is 2.82. The van der Waals surface area contributed by atoms with E-state index in [1.165, 1.54) is 70.6 Å². The van der Waals surface area contributed by atoms with Crippen LogP contribution < -0.4 is 10.6 Å². The van der Waals surface area contributed by atoms with Crippen LogP contribution in [0.2, 0.25) is 0 Å². The van der Waals surface area contributed by atoms with E-state index in [1.54, 1.807) is 11.8 Å². The molecule has 0 aliphatic heterocycles. The molecule has 0 radical (unpaired) electrons. The third-order valence-electron chi connectivity index (χ3n) is 6.13. The fourth-order valence-corrected chi connectivity index (χ4v) is 4.56. The summed E-state index contributed by atoms with van der Waals surface area (Å²) in [4.78, 5) is 13.3. The Morgan fingerprint density at radius 2 is 1.45 bits per heavy atom. The molecule has 2 N–H and O–H groups in total. The van der Waals surface area contributed by atoms with E-state index < -0.39 is 0 Å². The van der Waals surface area contributed by atoms with Crippen LogP contribution in [-0.4, -0.2) is 29.4 Å². The number of thioether (sulfide) groups is 1. The van der Waals surface area contributed by atoms with Gasteiger partial charge in [-0.1, -0.05) is 115 Å². The third kappa shape index (κ3) is 14.7. The number of amides is 1. The first kappa shape index (κ1) is 30.0. The van der Waals surface area contributed by atoms with Crippen LogP contribution in [-0.2, 0) is 11.2 Å². The number of hydrogen-bond acceptors (Lipinski definition) is 3. The zero-order valence-electron chi connectivity index (χ0n) is 21.5. The molecule has 0 saturated heterocycles. The number of aryl methyl sites for hydroxylation is 1. The van der Waals surface area contributed by atoms with Gasteiger partial charge < -0.3 is 10.6 Å². The summed E-state index contributed by atoms with van der Waals surface area (Å²) in [5.41, 5.74) is 3.03. The molecule has 1 rings (SSSR count). The van der Waals surface area contributed by atoms with E-state index in [9.17, 15) is 4.79 Å². The molecule has 0 aliphatic carbocycles. The van der Waals surface area contributed by atoms with Crippen molar-refractivity contribution in [2.24, 2.45) is 0 Å². The minimum Gasteiger partial charge on any atom is -0.375 e. The standard InChI is InChI=1S/C28H48N2OS2/c1-4-6-7-8-9-10-11-12-13-14-15-16-17-18-27(31)30-26-23-25(20-19-24(26)5-2)28(32)29-21-22-33-3/h19-20,23H,4-18,21-22H2,1-3H3,(H,29,32)(H,30,31). The van der Waals surface area contributed by atoms with E-state index in [4.69, 9.17) is 12.2 Å². The van der Waals surface area contributed by atoms with Crippen molar-refractivity contribution in [3.05, 3.63) is 29.3 Å². The Morgan fingerprint density at radius 1 is 0.879 bits per heavy atom. The molecule has 1 amide bonds. The number of rotatable bonds is 20. The van der Waals surface area contributed by atoms with Crippen LogP contribution in [0.1, 0.15) is 115 Å². The van der Waals surface area contributed by atoms with Crippen molar-refractivity contribution in [1.29, 1.82) is 0 Å². The van der Waals surface area contributed by atoms with E-state index in [0.717, 1.165) is 53.4 Å². The molecule has 1 aromatic rings. The Labute approximate surface area is 213 Å². The van der Waals surface area contributed by atoms with Crippen LogP contribution in [0, 0.1) is 0 Å². The Kier molecular flexibility index (Phi) is 18.4. The molecule has 0 spiro atoms. The predicted molar refractivity (Wildman–Crippen MR) is 153 cm³/mol. The molecule has 33 heavy (non-hydrogen) atoms. The van der Waals surface area contributed by atoms with Crippen molar-refractivity contribution < 1.29 is 4.79 Å². The molecule has 1 aromatic carbocycles. The summed E-state index contributed by atoms with van der Waals surface area (Å²) >= 11 is 7.32. The van der Waals surface area contributed by atoms with Crippen molar-refractivity contribution >= 4 is 40.6 Å². The van der Waals surface area contributed by atoms with E-state index in [2.05, 4.69) is 42.9 Å². The monoisotopic (exact) mass is 492 g/mol. The lowest BCUT2D eigenvalue weighted by molar-refractivity contribution is -0.116. The molecule has 5 heteroatoms. The minimum atomic E-state index is 0.117. The molecule has 0 atom stereocenters. The van der Waals surface area contributed by atoms with Crippen molar-refractivity contribution in [2.45, 2.75) is 110 Å². The van der Waals surface area contributed by atoms with Crippen LogP contribution in [0.5, 0.6) is 0 Å². The maximum atomic E-state index is 12.5. The first-order valence-electron chi connectivity index (χ1n) is 13.3. The van der Waals surface area contributed by atoms with Gasteiger partial charge in [-0.3, -0.25) is 4.79 Å². The summed E-state index contributed by atoms with van der Waals surface area (Å²) in [5, 5.41) is 6.43. The Morgan fingerprint density at radius 3 is 2.00 bits per heavy atom. The maximum absolute atomic E-state index is 12.5. The van der Waals surface area contributed by atoms with Gasteiger partial charge in [0.15, 0.2) is 0 Å². The first-order valence-corrected chi connectivity index (χ1v) is 15.1. The summed E-state index contributed by atoms with van der Waals surface area (Å²) in [5.74, 6) is 1.14. The fourth-order valence-electron chi connectivity index (χ4n) is 4.03. The van der Waals surface area contributed by atoms with Gasteiger partial charge in [-0.15, -0.1) is 0 Å². The first-order chi connectivity index (χ1) is 16.1. The summed E-state index contributed by atoms with van der Waals surface area (Å²) in [6.45, 7) is 5.25. The van der Waals surface area contributed by atoms with Gasteiger partial charge in [-0.2, -0.15) is 11.8 Å². The zero-order valence-corrected chi connectivity index (χ0v) is 23.1. The molecule has 0 heterocycles. The molecule has 0 unspecified atom stereocenters. The van der Waals surface area contributed by atoms with Gasteiger partial charge in [-0.05, 0) is 30.7 Å². The smallest absolute Gasteiger partial charge is 0.224 e.